The monoisotopic (exact) mass is 201 g/mol. The maximum atomic E-state index is 9.52. The Balaban J connectivity index is 1.77. The van der Waals surface area contributed by atoms with Gasteiger partial charge in [0.2, 0.25) is 0 Å². The summed E-state index contributed by atoms with van der Waals surface area (Å²) in [7, 11) is 0. The number of aliphatic hydroxyl groups is 1. The van der Waals surface area contributed by atoms with Crippen LogP contribution in [0.25, 0.3) is 0 Å². The van der Waals surface area contributed by atoms with Crippen LogP contribution in [0, 0.1) is 0 Å². The molecular formula is C10H19NO3. The molecule has 2 fully saturated rings. The highest BCUT2D eigenvalue weighted by molar-refractivity contribution is 4.77. The highest BCUT2D eigenvalue weighted by atomic mass is 16.6. The van der Waals surface area contributed by atoms with Crippen LogP contribution in [0.5, 0.6) is 0 Å². The molecule has 3 atom stereocenters. The van der Waals surface area contributed by atoms with E-state index in [2.05, 4.69) is 5.32 Å². The minimum absolute atomic E-state index is 0.0990. The van der Waals surface area contributed by atoms with E-state index in [0.29, 0.717) is 19.3 Å². The van der Waals surface area contributed by atoms with Crippen molar-refractivity contribution in [3.8, 4) is 0 Å². The van der Waals surface area contributed by atoms with Gasteiger partial charge in [0.05, 0.1) is 19.3 Å². The van der Waals surface area contributed by atoms with Gasteiger partial charge in [-0.3, -0.25) is 0 Å². The highest BCUT2D eigenvalue weighted by Gasteiger charge is 2.29. The van der Waals surface area contributed by atoms with Gasteiger partial charge < -0.3 is 19.9 Å². The van der Waals surface area contributed by atoms with Crippen LogP contribution < -0.4 is 5.32 Å². The summed E-state index contributed by atoms with van der Waals surface area (Å²) in [5.74, 6) is 0. The van der Waals surface area contributed by atoms with Gasteiger partial charge in [0, 0.05) is 0 Å². The van der Waals surface area contributed by atoms with Crippen LogP contribution in [-0.4, -0.2) is 49.7 Å². The van der Waals surface area contributed by atoms with Crippen LogP contribution in [0.1, 0.15) is 19.3 Å². The standard InChI is InChI=1S/C10H19NO3/c12-9-6-13-7-10(9)14-8-2-1-4-11-5-3-8/h8-12H,1-7H2. The third-order valence-corrected chi connectivity index (χ3v) is 2.89. The predicted molar refractivity (Wildman–Crippen MR) is 52.2 cm³/mol. The van der Waals surface area contributed by atoms with Gasteiger partial charge in [-0.15, -0.1) is 0 Å². The molecule has 2 aliphatic heterocycles. The maximum absolute atomic E-state index is 9.52. The first-order valence-electron chi connectivity index (χ1n) is 5.48. The second-order valence-corrected chi connectivity index (χ2v) is 4.08. The number of hydrogen-bond acceptors (Lipinski definition) is 4. The van der Waals surface area contributed by atoms with Crippen molar-refractivity contribution in [3.05, 3.63) is 0 Å². The molecule has 14 heavy (non-hydrogen) atoms. The Morgan fingerprint density at radius 2 is 2.14 bits per heavy atom. The van der Waals surface area contributed by atoms with Crippen LogP contribution in [0.4, 0.5) is 0 Å². The van der Waals surface area contributed by atoms with E-state index in [1.54, 1.807) is 0 Å². The molecule has 0 amide bonds. The number of ether oxygens (including phenoxy) is 2. The Morgan fingerprint density at radius 1 is 1.21 bits per heavy atom. The summed E-state index contributed by atoms with van der Waals surface area (Å²) in [6.45, 7) is 3.08. The van der Waals surface area contributed by atoms with E-state index in [-0.39, 0.29) is 6.10 Å². The molecule has 2 heterocycles. The van der Waals surface area contributed by atoms with Gasteiger partial charge in [0.25, 0.3) is 0 Å². The number of nitrogens with one attached hydrogen (secondary N) is 1. The largest absolute Gasteiger partial charge is 0.388 e. The van der Waals surface area contributed by atoms with Gasteiger partial charge in [0.1, 0.15) is 12.2 Å². The Labute approximate surface area is 84.6 Å². The fourth-order valence-electron chi connectivity index (χ4n) is 2.02. The van der Waals surface area contributed by atoms with E-state index >= 15 is 0 Å². The van der Waals surface area contributed by atoms with E-state index in [9.17, 15) is 5.11 Å². The molecule has 0 radical (unpaired) electrons. The van der Waals surface area contributed by atoms with Gasteiger partial charge in [-0.1, -0.05) is 0 Å². The molecule has 2 N–H and O–H groups in total. The fourth-order valence-corrected chi connectivity index (χ4v) is 2.02. The molecule has 0 bridgehead atoms. The third kappa shape index (κ3) is 2.67. The molecule has 4 nitrogen and oxygen atoms in total. The Hall–Kier alpha value is -0.160. The van der Waals surface area contributed by atoms with Crippen molar-refractivity contribution in [2.24, 2.45) is 0 Å². The van der Waals surface area contributed by atoms with Gasteiger partial charge in [-0.05, 0) is 32.4 Å². The van der Waals surface area contributed by atoms with Crippen molar-refractivity contribution in [2.75, 3.05) is 26.3 Å². The van der Waals surface area contributed by atoms with Crippen molar-refractivity contribution in [1.29, 1.82) is 0 Å². The van der Waals surface area contributed by atoms with Crippen LogP contribution in [0.2, 0.25) is 0 Å². The van der Waals surface area contributed by atoms with Crippen molar-refractivity contribution in [3.63, 3.8) is 0 Å². The lowest BCUT2D eigenvalue weighted by molar-refractivity contribution is -0.0590. The minimum Gasteiger partial charge on any atom is -0.388 e. The first kappa shape index (κ1) is 10.4. The second kappa shape index (κ2) is 5.07. The van der Waals surface area contributed by atoms with Gasteiger partial charge in [-0.2, -0.15) is 0 Å². The van der Waals surface area contributed by atoms with Crippen LogP contribution in [0.3, 0.4) is 0 Å². The molecule has 4 heteroatoms. The smallest absolute Gasteiger partial charge is 0.109 e. The molecule has 0 aliphatic carbocycles. The molecule has 82 valence electrons. The molecule has 0 aromatic rings. The lowest BCUT2D eigenvalue weighted by Crippen LogP contribution is -2.32. The number of hydrogen-bond donors (Lipinski definition) is 2. The van der Waals surface area contributed by atoms with E-state index in [1.807, 2.05) is 0 Å². The number of aliphatic hydroxyl groups excluding tert-OH is 1. The normalized spacial score (nSPS) is 39.6. The minimum atomic E-state index is -0.425. The summed E-state index contributed by atoms with van der Waals surface area (Å²) in [5, 5.41) is 12.9. The summed E-state index contributed by atoms with van der Waals surface area (Å²) >= 11 is 0. The molecule has 0 spiro atoms. The molecule has 0 aromatic heterocycles. The lowest BCUT2D eigenvalue weighted by Gasteiger charge is -2.21. The second-order valence-electron chi connectivity index (χ2n) is 4.08. The molecule has 0 saturated carbocycles. The van der Waals surface area contributed by atoms with E-state index in [4.69, 9.17) is 9.47 Å². The first-order chi connectivity index (χ1) is 6.86. The lowest BCUT2D eigenvalue weighted by atomic mass is 10.1. The maximum Gasteiger partial charge on any atom is 0.109 e. The van der Waals surface area contributed by atoms with Crippen LogP contribution in [0.15, 0.2) is 0 Å². The Bertz CT molecular complexity index is 169. The van der Waals surface area contributed by atoms with Crippen LogP contribution in [-0.2, 0) is 9.47 Å². The Morgan fingerprint density at radius 3 is 2.93 bits per heavy atom. The van der Waals surface area contributed by atoms with Crippen molar-refractivity contribution in [2.45, 2.75) is 37.6 Å². The summed E-state index contributed by atoms with van der Waals surface area (Å²) in [5.41, 5.74) is 0. The van der Waals surface area contributed by atoms with E-state index in [1.165, 1.54) is 0 Å². The molecular weight excluding hydrogens is 182 g/mol. The average molecular weight is 201 g/mol. The zero-order valence-corrected chi connectivity index (χ0v) is 8.45. The van der Waals surface area contributed by atoms with Crippen molar-refractivity contribution < 1.29 is 14.6 Å². The quantitative estimate of drug-likeness (QED) is 0.655. The highest BCUT2D eigenvalue weighted by Crippen LogP contribution is 2.17. The van der Waals surface area contributed by atoms with Crippen molar-refractivity contribution >= 4 is 0 Å². The molecule has 2 aliphatic rings. The zero-order chi connectivity index (χ0) is 9.80. The summed E-state index contributed by atoms with van der Waals surface area (Å²) in [4.78, 5) is 0. The summed E-state index contributed by atoms with van der Waals surface area (Å²) in [6, 6.07) is 0. The molecule has 0 aromatic carbocycles. The third-order valence-electron chi connectivity index (χ3n) is 2.89. The molecule has 3 unspecified atom stereocenters. The first-order valence-corrected chi connectivity index (χ1v) is 5.48. The molecule has 2 saturated heterocycles. The fraction of sp³-hybridized carbons (Fsp3) is 1.00. The van der Waals surface area contributed by atoms with Crippen molar-refractivity contribution in [1.82, 2.24) is 5.32 Å². The predicted octanol–water partition coefficient (Wildman–Crippen LogP) is -0.0952. The van der Waals surface area contributed by atoms with Gasteiger partial charge >= 0.3 is 0 Å². The number of rotatable bonds is 2. The van der Waals surface area contributed by atoms with Crippen LogP contribution >= 0.6 is 0 Å². The zero-order valence-electron chi connectivity index (χ0n) is 8.45. The van der Waals surface area contributed by atoms with Gasteiger partial charge in [0.15, 0.2) is 0 Å². The SMILES string of the molecule is OC1COCC1OC1CCCNCC1. The van der Waals surface area contributed by atoms with Gasteiger partial charge in [-0.25, -0.2) is 0 Å². The average Bonchev–Trinajstić information content (AvgIpc) is 2.44. The van der Waals surface area contributed by atoms with E-state index < -0.39 is 6.10 Å². The van der Waals surface area contributed by atoms with E-state index in [0.717, 1.165) is 32.4 Å². The topological polar surface area (TPSA) is 50.7 Å². The Kier molecular flexibility index (Phi) is 3.75. The molecule has 2 rings (SSSR count). The summed E-state index contributed by atoms with van der Waals surface area (Å²) < 4.78 is 11.0. The summed E-state index contributed by atoms with van der Waals surface area (Å²) in [6.07, 6.45) is 3.07.